The summed E-state index contributed by atoms with van der Waals surface area (Å²) in [5.74, 6) is -1.01. The standard InChI is InChI=1S/C11H18N2O4/c1-11(2)16-5-7(6-17-11)12-8-3-4-9(14)13-10(8)15/h7-8,12H,3-6H2,1-2H3,(H,13,14,15). The number of piperidine rings is 1. The van der Waals surface area contributed by atoms with Gasteiger partial charge in [-0.25, -0.2) is 0 Å². The fourth-order valence-corrected chi connectivity index (χ4v) is 1.93. The quantitative estimate of drug-likeness (QED) is 0.640. The molecule has 2 saturated heterocycles. The van der Waals surface area contributed by atoms with Gasteiger partial charge in [0.05, 0.1) is 25.3 Å². The van der Waals surface area contributed by atoms with Crippen LogP contribution in [0.5, 0.6) is 0 Å². The molecule has 2 fully saturated rings. The van der Waals surface area contributed by atoms with Crippen LogP contribution < -0.4 is 10.6 Å². The third-order valence-electron chi connectivity index (χ3n) is 2.94. The minimum atomic E-state index is -0.553. The van der Waals surface area contributed by atoms with E-state index in [2.05, 4.69) is 10.6 Å². The second kappa shape index (κ2) is 4.72. The van der Waals surface area contributed by atoms with Crippen molar-refractivity contribution in [1.29, 1.82) is 0 Å². The lowest BCUT2D eigenvalue weighted by Crippen LogP contribution is -2.57. The zero-order valence-corrected chi connectivity index (χ0v) is 10.1. The van der Waals surface area contributed by atoms with Gasteiger partial charge in [0.1, 0.15) is 0 Å². The summed E-state index contributed by atoms with van der Waals surface area (Å²) >= 11 is 0. The first-order valence-electron chi connectivity index (χ1n) is 5.84. The smallest absolute Gasteiger partial charge is 0.243 e. The predicted molar refractivity (Wildman–Crippen MR) is 59.1 cm³/mol. The molecule has 17 heavy (non-hydrogen) atoms. The summed E-state index contributed by atoms with van der Waals surface area (Å²) in [7, 11) is 0. The molecule has 0 bridgehead atoms. The van der Waals surface area contributed by atoms with Crippen molar-refractivity contribution < 1.29 is 19.1 Å². The molecule has 0 aliphatic carbocycles. The van der Waals surface area contributed by atoms with Crippen molar-refractivity contribution in [2.75, 3.05) is 13.2 Å². The number of amides is 2. The van der Waals surface area contributed by atoms with E-state index in [1.54, 1.807) is 0 Å². The van der Waals surface area contributed by atoms with E-state index in [1.807, 2.05) is 13.8 Å². The van der Waals surface area contributed by atoms with Gasteiger partial charge in [-0.2, -0.15) is 0 Å². The summed E-state index contributed by atoms with van der Waals surface area (Å²) < 4.78 is 11.0. The van der Waals surface area contributed by atoms with E-state index < -0.39 is 5.79 Å². The highest BCUT2D eigenvalue weighted by Gasteiger charge is 2.33. The highest BCUT2D eigenvalue weighted by atomic mass is 16.7. The molecular weight excluding hydrogens is 224 g/mol. The first-order valence-corrected chi connectivity index (χ1v) is 5.84. The van der Waals surface area contributed by atoms with E-state index in [9.17, 15) is 9.59 Å². The van der Waals surface area contributed by atoms with E-state index in [-0.39, 0.29) is 23.9 Å². The van der Waals surface area contributed by atoms with Crippen LogP contribution in [0.1, 0.15) is 26.7 Å². The number of imide groups is 1. The van der Waals surface area contributed by atoms with E-state index in [1.165, 1.54) is 0 Å². The lowest BCUT2D eigenvalue weighted by Gasteiger charge is -2.37. The molecule has 2 heterocycles. The van der Waals surface area contributed by atoms with Crippen LogP contribution in [0.15, 0.2) is 0 Å². The van der Waals surface area contributed by atoms with Crippen molar-refractivity contribution >= 4 is 11.8 Å². The van der Waals surface area contributed by atoms with Gasteiger partial charge >= 0.3 is 0 Å². The highest BCUT2D eigenvalue weighted by molar-refractivity contribution is 6.00. The van der Waals surface area contributed by atoms with E-state index in [4.69, 9.17) is 9.47 Å². The zero-order valence-electron chi connectivity index (χ0n) is 10.1. The Labute approximate surface area is 100 Å². The van der Waals surface area contributed by atoms with Crippen LogP contribution in [0.25, 0.3) is 0 Å². The van der Waals surface area contributed by atoms with Gasteiger partial charge in [-0.15, -0.1) is 0 Å². The van der Waals surface area contributed by atoms with Crippen molar-refractivity contribution in [2.24, 2.45) is 0 Å². The van der Waals surface area contributed by atoms with Gasteiger partial charge in [-0.05, 0) is 20.3 Å². The molecule has 2 amide bonds. The molecule has 0 aromatic carbocycles. The number of carbonyl (C=O) groups is 2. The monoisotopic (exact) mass is 242 g/mol. The fraction of sp³-hybridized carbons (Fsp3) is 0.818. The molecule has 0 aromatic rings. The Kier molecular flexibility index (Phi) is 3.46. The SMILES string of the molecule is CC1(C)OCC(NC2CCC(=O)NC2=O)CO1. The van der Waals surface area contributed by atoms with Crippen LogP contribution in [0.3, 0.4) is 0 Å². The Balaban J connectivity index is 1.82. The molecule has 6 nitrogen and oxygen atoms in total. The van der Waals surface area contributed by atoms with E-state index in [0.29, 0.717) is 26.1 Å². The third kappa shape index (κ3) is 3.24. The maximum atomic E-state index is 11.5. The molecule has 2 rings (SSSR count). The van der Waals surface area contributed by atoms with Crippen LogP contribution >= 0.6 is 0 Å². The van der Waals surface area contributed by atoms with Crippen LogP contribution in [0.4, 0.5) is 0 Å². The van der Waals surface area contributed by atoms with Crippen molar-refractivity contribution in [3.63, 3.8) is 0 Å². The van der Waals surface area contributed by atoms with Gasteiger partial charge in [0.15, 0.2) is 5.79 Å². The largest absolute Gasteiger partial charge is 0.349 e. The summed E-state index contributed by atoms with van der Waals surface area (Å²) in [6.45, 7) is 4.72. The Morgan fingerprint density at radius 3 is 2.53 bits per heavy atom. The van der Waals surface area contributed by atoms with Crippen molar-refractivity contribution in [3.8, 4) is 0 Å². The molecule has 2 N–H and O–H groups in total. The Morgan fingerprint density at radius 2 is 1.94 bits per heavy atom. The number of rotatable bonds is 2. The molecule has 0 radical (unpaired) electrons. The summed E-state index contributed by atoms with van der Waals surface area (Å²) in [4.78, 5) is 22.5. The molecule has 96 valence electrons. The average molecular weight is 242 g/mol. The number of ether oxygens (including phenoxy) is 2. The molecule has 1 atom stereocenters. The summed E-state index contributed by atoms with van der Waals surface area (Å²) in [5.41, 5.74) is 0. The molecular formula is C11H18N2O4. The molecule has 6 heteroatoms. The lowest BCUT2D eigenvalue weighted by molar-refractivity contribution is -0.253. The van der Waals surface area contributed by atoms with Crippen LogP contribution in [0, 0.1) is 0 Å². The summed E-state index contributed by atoms with van der Waals surface area (Å²) in [5, 5.41) is 5.46. The maximum Gasteiger partial charge on any atom is 0.243 e. The molecule has 1 unspecified atom stereocenters. The van der Waals surface area contributed by atoms with Crippen LogP contribution in [-0.2, 0) is 19.1 Å². The van der Waals surface area contributed by atoms with E-state index in [0.717, 1.165) is 0 Å². The number of hydrogen-bond donors (Lipinski definition) is 2. The van der Waals surface area contributed by atoms with Crippen molar-refractivity contribution in [3.05, 3.63) is 0 Å². The molecule has 0 saturated carbocycles. The molecule has 2 aliphatic rings. The Hall–Kier alpha value is -0.980. The summed E-state index contributed by atoms with van der Waals surface area (Å²) in [6, 6.07) is -0.335. The first-order chi connectivity index (χ1) is 7.96. The fourth-order valence-electron chi connectivity index (χ4n) is 1.93. The topological polar surface area (TPSA) is 76.7 Å². The minimum Gasteiger partial charge on any atom is -0.349 e. The molecule has 0 spiro atoms. The predicted octanol–water partition coefficient (Wildman–Crippen LogP) is -0.467. The van der Waals surface area contributed by atoms with Crippen molar-refractivity contribution in [2.45, 2.75) is 44.6 Å². The number of nitrogens with one attached hydrogen (secondary N) is 2. The average Bonchev–Trinajstić information content (AvgIpc) is 2.25. The normalized spacial score (nSPS) is 30.1. The van der Waals surface area contributed by atoms with Gasteiger partial charge in [0, 0.05) is 6.42 Å². The zero-order chi connectivity index (χ0) is 12.5. The summed E-state index contributed by atoms with van der Waals surface area (Å²) in [6.07, 6.45) is 0.911. The van der Waals surface area contributed by atoms with Crippen LogP contribution in [-0.4, -0.2) is 42.9 Å². The molecule has 0 aromatic heterocycles. The van der Waals surface area contributed by atoms with Gasteiger partial charge in [-0.3, -0.25) is 20.2 Å². The Bertz CT molecular complexity index is 319. The van der Waals surface area contributed by atoms with Gasteiger partial charge in [0.25, 0.3) is 0 Å². The maximum absolute atomic E-state index is 11.5. The van der Waals surface area contributed by atoms with Gasteiger partial charge < -0.3 is 9.47 Å². The highest BCUT2D eigenvalue weighted by Crippen LogP contribution is 2.17. The lowest BCUT2D eigenvalue weighted by atomic mass is 10.1. The van der Waals surface area contributed by atoms with E-state index >= 15 is 0 Å². The molecule has 2 aliphatic heterocycles. The van der Waals surface area contributed by atoms with Gasteiger partial charge in [0.2, 0.25) is 11.8 Å². The minimum absolute atomic E-state index is 0.00743. The number of hydrogen-bond acceptors (Lipinski definition) is 5. The second-order valence-corrected chi connectivity index (χ2v) is 4.89. The first kappa shape index (κ1) is 12.5. The Morgan fingerprint density at radius 1 is 1.29 bits per heavy atom. The van der Waals surface area contributed by atoms with Gasteiger partial charge in [-0.1, -0.05) is 0 Å². The second-order valence-electron chi connectivity index (χ2n) is 4.89. The van der Waals surface area contributed by atoms with Crippen LogP contribution in [0.2, 0.25) is 0 Å². The third-order valence-corrected chi connectivity index (χ3v) is 2.94. The number of carbonyl (C=O) groups excluding carboxylic acids is 2. The van der Waals surface area contributed by atoms with Crippen molar-refractivity contribution in [1.82, 2.24) is 10.6 Å².